The zero-order chi connectivity index (χ0) is 20.7. The van der Waals surface area contributed by atoms with Gasteiger partial charge in [0, 0.05) is 26.7 Å². The summed E-state index contributed by atoms with van der Waals surface area (Å²) in [6.45, 7) is 2.07. The van der Waals surface area contributed by atoms with E-state index in [2.05, 4.69) is 0 Å². The fraction of sp³-hybridized carbons (Fsp3) is 0.375. The normalized spacial score (nSPS) is 15.9. The predicted octanol–water partition coefficient (Wildman–Crippen LogP) is 3.21. The second kappa shape index (κ2) is 7.26. The third-order valence-corrected chi connectivity index (χ3v) is 4.23. The number of nitrogens with zero attached hydrogens (tertiary/aromatic N) is 2. The minimum Gasteiger partial charge on any atom is -0.274 e. The van der Waals surface area contributed by atoms with Gasteiger partial charge in [-0.25, -0.2) is 14.2 Å². The van der Waals surface area contributed by atoms with Gasteiger partial charge in [0.05, 0.1) is 22.3 Å². The van der Waals surface area contributed by atoms with Crippen molar-refractivity contribution in [1.29, 1.82) is 0 Å². The van der Waals surface area contributed by atoms with Crippen molar-refractivity contribution < 1.29 is 36.7 Å². The van der Waals surface area contributed by atoms with E-state index in [4.69, 9.17) is 11.6 Å². The number of imide groups is 2. The highest BCUT2D eigenvalue weighted by molar-refractivity contribution is 6.35. The molecule has 1 aromatic rings. The number of hydrogen-bond donors (Lipinski definition) is 0. The summed E-state index contributed by atoms with van der Waals surface area (Å²) in [6, 6.07) is 1.48. The molecule has 2 rings (SSSR count). The van der Waals surface area contributed by atoms with Crippen LogP contribution in [0.3, 0.4) is 0 Å². The van der Waals surface area contributed by atoms with Gasteiger partial charge >= 0.3 is 6.18 Å². The highest BCUT2D eigenvalue weighted by Gasteiger charge is 2.48. The molecule has 0 aromatic heterocycles. The van der Waals surface area contributed by atoms with E-state index in [1.54, 1.807) is 0 Å². The first-order chi connectivity index (χ1) is 12.3. The molecular weight excluding hydrogens is 396 g/mol. The van der Waals surface area contributed by atoms with Crippen molar-refractivity contribution in [3.05, 3.63) is 23.0 Å². The molecule has 0 saturated carbocycles. The van der Waals surface area contributed by atoms with Gasteiger partial charge in [-0.1, -0.05) is 11.6 Å². The maximum Gasteiger partial charge on any atom is 0.392 e. The van der Waals surface area contributed by atoms with E-state index in [-0.39, 0.29) is 15.6 Å². The molecule has 0 aliphatic carbocycles. The van der Waals surface area contributed by atoms with E-state index in [9.17, 15) is 36.7 Å². The first-order valence-electron chi connectivity index (χ1n) is 7.57. The van der Waals surface area contributed by atoms with Crippen LogP contribution in [0.5, 0.6) is 0 Å². The number of amides is 4. The molecule has 1 aromatic carbocycles. The molecule has 0 bridgehead atoms. The van der Waals surface area contributed by atoms with E-state index in [1.165, 1.54) is 0 Å². The van der Waals surface area contributed by atoms with Crippen molar-refractivity contribution in [2.75, 3.05) is 9.80 Å². The molecule has 1 heterocycles. The Morgan fingerprint density at radius 2 is 1.59 bits per heavy atom. The fourth-order valence-electron chi connectivity index (χ4n) is 2.75. The average Bonchev–Trinajstić information content (AvgIpc) is 2.48. The third kappa shape index (κ3) is 4.10. The van der Waals surface area contributed by atoms with Gasteiger partial charge in [-0.05, 0) is 12.1 Å². The number of hydrogen-bond acceptors (Lipinski definition) is 4. The Morgan fingerprint density at radius 3 is 2.00 bits per heavy atom. The van der Waals surface area contributed by atoms with E-state index < -0.39 is 60.1 Å². The zero-order valence-electron chi connectivity index (χ0n) is 14.1. The van der Waals surface area contributed by atoms with Crippen LogP contribution in [-0.4, -0.2) is 29.8 Å². The quantitative estimate of drug-likeness (QED) is 0.556. The van der Waals surface area contributed by atoms with Crippen molar-refractivity contribution in [1.82, 2.24) is 0 Å². The Hall–Kier alpha value is -2.49. The van der Waals surface area contributed by atoms with Crippen molar-refractivity contribution in [2.24, 2.45) is 5.92 Å². The summed E-state index contributed by atoms with van der Waals surface area (Å²) >= 11 is 5.86. The Morgan fingerprint density at radius 1 is 1.11 bits per heavy atom. The van der Waals surface area contributed by atoms with Crippen LogP contribution in [0.15, 0.2) is 12.1 Å². The smallest absolute Gasteiger partial charge is 0.274 e. The van der Waals surface area contributed by atoms with Crippen LogP contribution >= 0.6 is 11.6 Å². The van der Waals surface area contributed by atoms with Crippen LogP contribution in [0.4, 0.5) is 28.9 Å². The molecule has 1 aliphatic heterocycles. The van der Waals surface area contributed by atoms with E-state index in [0.29, 0.717) is 11.0 Å². The monoisotopic (exact) mass is 408 g/mol. The van der Waals surface area contributed by atoms with Crippen LogP contribution < -0.4 is 9.80 Å². The number of carbonyl (C=O) groups is 4. The molecule has 1 saturated heterocycles. The summed E-state index contributed by atoms with van der Waals surface area (Å²) in [5.74, 6) is -7.36. The van der Waals surface area contributed by atoms with E-state index >= 15 is 0 Å². The minimum absolute atomic E-state index is 0.274. The maximum atomic E-state index is 14.3. The largest absolute Gasteiger partial charge is 0.392 e. The molecule has 1 fully saturated rings. The Balaban J connectivity index is 2.52. The zero-order valence-corrected chi connectivity index (χ0v) is 14.8. The highest BCUT2D eigenvalue weighted by atomic mass is 35.5. The van der Waals surface area contributed by atoms with Crippen LogP contribution in [-0.2, 0) is 19.2 Å². The van der Waals surface area contributed by atoms with E-state index in [1.807, 2.05) is 0 Å². The SMILES string of the molecule is CC(=O)N(C(C)=O)c1cc(N2C(=O)CC(C(F)(F)F)CC2=O)c(F)cc1Cl. The molecule has 0 unspecified atom stereocenters. The first kappa shape index (κ1) is 20.8. The Labute approximate surface area is 155 Å². The number of piperidine rings is 1. The lowest BCUT2D eigenvalue weighted by Crippen LogP contribution is -2.47. The van der Waals surface area contributed by atoms with Gasteiger partial charge in [-0.3, -0.25) is 19.2 Å². The lowest BCUT2D eigenvalue weighted by atomic mass is 9.94. The van der Waals surface area contributed by atoms with Crippen LogP contribution in [0.2, 0.25) is 5.02 Å². The van der Waals surface area contributed by atoms with Gasteiger partial charge in [0.1, 0.15) is 5.82 Å². The van der Waals surface area contributed by atoms with Gasteiger partial charge in [0.15, 0.2) is 0 Å². The second-order valence-electron chi connectivity index (χ2n) is 5.90. The summed E-state index contributed by atoms with van der Waals surface area (Å²) in [5, 5.41) is -0.355. The van der Waals surface area contributed by atoms with Crippen LogP contribution in [0, 0.1) is 11.7 Å². The summed E-state index contributed by atoms with van der Waals surface area (Å²) < 4.78 is 52.7. The maximum absolute atomic E-state index is 14.3. The molecule has 0 radical (unpaired) electrons. The molecule has 0 N–H and O–H groups in total. The molecule has 0 spiro atoms. The van der Waals surface area contributed by atoms with Crippen molar-refractivity contribution in [2.45, 2.75) is 32.9 Å². The number of carbonyl (C=O) groups excluding carboxylic acids is 4. The predicted molar refractivity (Wildman–Crippen MR) is 86.5 cm³/mol. The van der Waals surface area contributed by atoms with Gasteiger partial charge in [0.25, 0.3) is 0 Å². The lowest BCUT2D eigenvalue weighted by molar-refractivity contribution is -0.185. The van der Waals surface area contributed by atoms with Gasteiger partial charge in [-0.2, -0.15) is 13.2 Å². The fourth-order valence-corrected chi connectivity index (χ4v) is 2.98. The summed E-state index contributed by atoms with van der Waals surface area (Å²) in [5.41, 5.74) is -0.982. The topological polar surface area (TPSA) is 74.8 Å². The first-order valence-corrected chi connectivity index (χ1v) is 7.95. The number of alkyl halides is 3. The molecule has 4 amide bonds. The van der Waals surface area contributed by atoms with Gasteiger partial charge in [0.2, 0.25) is 23.6 Å². The molecule has 146 valence electrons. The van der Waals surface area contributed by atoms with E-state index in [0.717, 1.165) is 19.9 Å². The van der Waals surface area contributed by atoms with Crippen LogP contribution in [0.1, 0.15) is 26.7 Å². The summed E-state index contributed by atoms with van der Waals surface area (Å²) in [7, 11) is 0. The average molecular weight is 409 g/mol. The van der Waals surface area contributed by atoms with Crippen molar-refractivity contribution in [3.8, 4) is 0 Å². The molecule has 27 heavy (non-hydrogen) atoms. The van der Waals surface area contributed by atoms with Crippen molar-refractivity contribution in [3.63, 3.8) is 0 Å². The minimum atomic E-state index is -4.75. The number of benzene rings is 1. The standard InChI is InChI=1S/C16H13ClF4N2O4/c1-7(24)22(8(2)25)12-6-13(11(18)5-10(12)17)23-14(26)3-9(4-15(23)27)16(19,20)21/h5-6,9H,3-4H2,1-2H3. The Bertz CT molecular complexity index is 808. The number of anilines is 2. The van der Waals surface area contributed by atoms with Crippen LogP contribution in [0.25, 0.3) is 0 Å². The molecular formula is C16H13ClF4N2O4. The van der Waals surface area contributed by atoms with Gasteiger partial charge in [-0.15, -0.1) is 0 Å². The number of halogens is 5. The molecule has 1 aliphatic rings. The van der Waals surface area contributed by atoms with Gasteiger partial charge < -0.3 is 0 Å². The highest BCUT2D eigenvalue weighted by Crippen LogP contribution is 2.39. The second-order valence-corrected chi connectivity index (χ2v) is 6.31. The summed E-state index contributed by atoms with van der Waals surface area (Å²) in [4.78, 5) is 48.4. The van der Waals surface area contributed by atoms with Crippen molar-refractivity contribution >= 4 is 46.6 Å². The molecule has 0 atom stereocenters. The molecule has 11 heteroatoms. The lowest BCUT2D eigenvalue weighted by Gasteiger charge is -2.31. The Kier molecular flexibility index (Phi) is 5.60. The summed E-state index contributed by atoms with van der Waals surface area (Å²) in [6.07, 6.45) is -6.81. The molecule has 6 nitrogen and oxygen atoms in total. The third-order valence-electron chi connectivity index (χ3n) is 3.93. The number of rotatable bonds is 2.